The number of carbonyl (C=O) groups excluding carboxylic acids is 2. The summed E-state index contributed by atoms with van der Waals surface area (Å²) in [7, 11) is 1.53. The van der Waals surface area contributed by atoms with Crippen LogP contribution >= 0.6 is 0 Å². The van der Waals surface area contributed by atoms with Crippen LogP contribution < -0.4 is 10.6 Å². The molecule has 3 amide bonds. The number of nitrogens with zero attached hydrogens (tertiary/aromatic N) is 1. The first-order valence-corrected chi connectivity index (χ1v) is 7.74. The van der Waals surface area contributed by atoms with Crippen LogP contribution in [0.2, 0.25) is 0 Å². The van der Waals surface area contributed by atoms with Crippen molar-refractivity contribution in [2.75, 3.05) is 46.5 Å². The van der Waals surface area contributed by atoms with Crippen LogP contribution in [0.5, 0.6) is 0 Å². The van der Waals surface area contributed by atoms with Crippen LogP contribution in [-0.4, -0.2) is 63.3 Å². The van der Waals surface area contributed by atoms with Gasteiger partial charge in [0.05, 0.1) is 25.9 Å². The van der Waals surface area contributed by atoms with Crippen LogP contribution in [0.15, 0.2) is 24.3 Å². The Morgan fingerprint density at radius 1 is 1.38 bits per heavy atom. The number of methoxy groups -OCH3 is 1. The summed E-state index contributed by atoms with van der Waals surface area (Å²) in [5.74, 6) is -0.685. The fraction of sp³-hybridized carbons (Fsp3) is 0.500. The van der Waals surface area contributed by atoms with Gasteiger partial charge in [0.25, 0.3) is 0 Å². The quantitative estimate of drug-likeness (QED) is 0.745. The smallest absolute Gasteiger partial charge is 0.321 e. The number of benzene rings is 1. The zero-order valence-electron chi connectivity index (χ0n) is 13.6. The van der Waals surface area contributed by atoms with Crippen molar-refractivity contribution in [3.05, 3.63) is 35.6 Å². The molecule has 2 N–H and O–H groups in total. The van der Waals surface area contributed by atoms with E-state index in [2.05, 4.69) is 10.6 Å². The molecule has 24 heavy (non-hydrogen) atoms. The minimum Gasteiger partial charge on any atom is -0.383 e. The lowest BCUT2D eigenvalue weighted by molar-refractivity contribution is -0.123. The van der Waals surface area contributed by atoms with E-state index in [1.54, 1.807) is 12.1 Å². The van der Waals surface area contributed by atoms with E-state index in [4.69, 9.17) is 9.47 Å². The number of carbonyl (C=O) groups is 2. The van der Waals surface area contributed by atoms with E-state index in [1.165, 1.54) is 19.2 Å². The Hall–Kier alpha value is -2.03. The number of rotatable bonds is 6. The molecule has 1 unspecified atom stereocenters. The number of nitrogens with one attached hydrogen (secondary N) is 2. The highest BCUT2D eigenvalue weighted by molar-refractivity contribution is 5.95. The molecule has 1 aromatic rings. The Bertz CT molecular complexity index is 553. The van der Waals surface area contributed by atoms with Gasteiger partial charge in [0.2, 0.25) is 5.91 Å². The van der Waals surface area contributed by atoms with Crippen molar-refractivity contribution in [1.29, 1.82) is 0 Å². The van der Waals surface area contributed by atoms with Crippen molar-refractivity contribution in [3.63, 3.8) is 0 Å². The lowest BCUT2D eigenvalue weighted by atomic mass is 10.1. The summed E-state index contributed by atoms with van der Waals surface area (Å²) >= 11 is 0. The Kier molecular flexibility index (Phi) is 7.10. The monoisotopic (exact) mass is 339 g/mol. The summed E-state index contributed by atoms with van der Waals surface area (Å²) in [6.07, 6.45) is -0.220. The Morgan fingerprint density at radius 2 is 2.12 bits per heavy atom. The van der Waals surface area contributed by atoms with Gasteiger partial charge in [-0.15, -0.1) is 0 Å². The minimum absolute atomic E-state index is 0.0960. The highest BCUT2D eigenvalue weighted by Gasteiger charge is 2.24. The number of amides is 3. The van der Waals surface area contributed by atoms with Gasteiger partial charge in [-0.25, -0.2) is 9.18 Å². The van der Waals surface area contributed by atoms with Gasteiger partial charge in [-0.3, -0.25) is 15.0 Å². The number of urea groups is 1. The molecule has 7 nitrogen and oxygen atoms in total. The van der Waals surface area contributed by atoms with Crippen LogP contribution in [0, 0.1) is 5.82 Å². The van der Waals surface area contributed by atoms with Gasteiger partial charge >= 0.3 is 6.03 Å². The van der Waals surface area contributed by atoms with Gasteiger partial charge in [-0.2, -0.15) is 0 Å². The number of halogens is 1. The van der Waals surface area contributed by atoms with Gasteiger partial charge < -0.3 is 14.8 Å². The maximum absolute atomic E-state index is 13.0. The summed E-state index contributed by atoms with van der Waals surface area (Å²) in [4.78, 5) is 25.3. The van der Waals surface area contributed by atoms with Gasteiger partial charge in [0.1, 0.15) is 5.82 Å². The fourth-order valence-corrected chi connectivity index (χ4v) is 2.41. The first kappa shape index (κ1) is 18.3. The van der Waals surface area contributed by atoms with Crippen molar-refractivity contribution in [2.24, 2.45) is 0 Å². The first-order chi connectivity index (χ1) is 11.6. The second kappa shape index (κ2) is 9.31. The van der Waals surface area contributed by atoms with E-state index in [9.17, 15) is 14.0 Å². The molecule has 1 aromatic carbocycles. The van der Waals surface area contributed by atoms with Gasteiger partial charge in [0, 0.05) is 26.7 Å². The molecule has 0 spiro atoms. The Morgan fingerprint density at radius 3 is 2.83 bits per heavy atom. The largest absolute Gasteiger partial charge is 0.383 e. The van der Waals surface area contributed by atoms with Gasteiger partial charge in [-0.05, 0) is 17.7 Å². The molecule has 0 radical (unpaired) electrons. The molecule has 0 bridgehead atoms. The van der Waals surface area contributed by atoms with E-state index in [0.717, 1.165) is 5.56 Å². The summed E-state index contributed by atoms with van der Waals surface area (Å²) in [5, 5.41) is 4.79. The predicted octanol–water partition coefficient (Wildman–Crippen LogP) is 0.671. The third-order valence-corrected chi connectivity index (χ3v) is 3.60. The molecule has 132 valence electrons. The van der Waals surface area contributed by atoms with Crippen molar-refractivity contribution in [1.82, 2.24) is 15.5 Å². The van der Waals surface area contributed by atoms with Crippen molar-refractivity contribution >= 4 is 11.9 Å². The van der Waals surface area contributed by atoms with Crippen LogP contribution in [0.4, 0.5) is 9.18 Å². The normalized spacial score (nSPS) is 18.2. The summed E-state index contributed by atoms with van der Waals surface area (Å²) in [5.41, 5.74) is 0.860. The summed E-state index contributed by atoms with van der Waals surface area (Å²) < 4.78 is 23.5. The molecular formula is C16H22FN3O4. The molecule has 1 heterocycles. The highest BCUT2D eigenvalue weighted by atomic mass is 19.1. The van der Waals surface area contributed by atoms with E-state index in [-0.39, 0.29) is 24.4 Å². The second-order valence-corrected chi connectivity index (χ2v) is 5.44. The molecular weight excluding hydrogens is 317 g/mol. The molecule has 8 heteroatoms. The van der Waals surface area contributed by atoms with Gasteiger partial charge in [-0.1, -0.05) is 12.1 Å². The Balaban J connectivity index is 1.78. The predicted molar refractivity (Wildman–Crippen MR) is 85.0 cm³/mol. The van der Waals surface area contributed by atoms with Gasteiger partial charge in [0.15, 0.2) is 0 Å². The molecule has 1 aliphatic rings. The lowest BCUT2D eigenvalue weighted by Crippen LogP contribution is -2.48. The van der Waals surface area contributed by atoms with Crippen LogP contribution in [0.25, 0.3) is 0 Å². The van der Waals surface area contributed by atoms with Crippen LogP contribution in [0.3, 0.4) is 0 Å². The third kappa shape index (κ3) is 5.88. The summed E-state index contributed by atoms with van der Waals surface area (Å²) in [6, 6.07) is 5.57. The molecule has 1 fully saturated rings. The number of hydrogen-bond donors (Lipinski definition) is 2. The van der Waals surface area contributed by atoms with E-state index < -0.39 is 6.03 Å². The number of hydrogen-bond acceptors (Lipinski definition) is 5. The SMILES string of the molecule is COCCNC(=O)NC(=O)CN1CCOC(c2ccc(F)cc2)C1. The fourth-order valence-electron chi connectivity index (χ4n) is 2.41. The average molecular weight is 339 g/mol. The molecule has 2 rings (SSSR count). The number of imide groups is 1. The number of ether oxygens (including phenoxy) is 2. The van der Waals surface area contributed by atoms with Crippen molar-refractivity contribution in [2.45, 2.75) is 6.10 Å². The minimum atomic E-state index is -0.541. The van der Waals surface area contributed by atoms with Crippen molar-refractivity contribution in [3.8, 4) is 0 Å². The van der Waals surface area contributed by atoms with E-state index in [0.29, 0.717) is 32.8 Å². The van der Waals surface area contributed by atoms with Crippen LogP contribution in [0.1, 0.15) is 11.7 Å². The topological polar surface area (TPSA) is 79.9 Å². The molecule has 1 aliphatic heterocycles. The third-order valence-electron chi connectivity index (χ3n) is 3.60. The first-order valence-electron chi connectivity index (χ1n) is 7.74. The number of morpholine rings is 1. The zero-order chi connectivity index (χ0) is 17.4. The lowest BCUT2D eigenvalue weighted by Gasteiger charge is -2.32. The van der Waals surface area contributed by atoms with E-state index >= 15 is 0 Å². The average Bonchev–Trinajstić information content (AvgIpc) is 2.56. The van der Waals surface area contributed by atoms with Crippen LogP contribution in [-0.2, 0) is 14.3 Å². The molecule has 1 saturated heterocycles. The molecule has 0 aliphatic carbocycles. The van der Waals surface area contributed by atoms with E-state index in [1.807, 2.05) is 4.90 Å². The summed E-state index contributed by atoms with van der Waals surface area (Å²) in [6.45, 7) is 2.37. The maximum Gasteiger partial charge on any atom is 0.321 e. The maximum atomic E-state index is 13.0. The molecule has 0 saturated carbocycles. The standard InChI is InChI=1S/C16H22FN3O4/c1-23-8-6-18-16(22)19-15(21)11-20-7-9-24-14(10-20)12-2-4-13(17)5-3-12/h2-5,14H,6-11H2,1H3,(H2,18,19,21,22). The Labute approximate surface area is 140 Å². The van der Waals surface area contributed by atoms with Crippen molar-refractivity contribution < 1.29 is 23.5 Å². The highest BCUT2D eigenvalue weighted by Crippen LogP contribution is 2.22. The molecule has 0 aromatic heterocycles. The molecule has 1 atom stereocenters. The zero-order valence-corrected chi connectivity index (χ0v) is 13.6. The second-order valence-electron chi connectivity index (χ2n) is 5.44.